The highest BCUT2D eigenvalue weighted by Gasteiger charge is 2.30. The second-order valence-electron chi connectivity index (χ2n) is 5.49. The molecule has 1 aromatic carbocycles. The van der Waals surface area contributed by atoms with Crippen LogP contribution in [0, 0.1) is 5.41 Å². The number of carbonyl (C=O) groups excluding carboxylic acids is 2. The molecule has 0 aliphatic rings. The van der Waals surface area contributed by atoms with Crippen molar-refractivity contribution < 1.29 is 14.3 Å². The fourth-order valence-corrected chi connectivity index (χ4v) is 3.43. The molecule has 0 atom stereocenters. The third-order valence-corrected chi connectivity index (χ3v) is 4.65. The van der Waals surface area contributed by atoms with Gasteiger partial charge in [-0.1, -0.05) is 36.4 Å². The monoisotopic (exact) mass is 396 g/mol. The number of benzene rings is 1. The summed E-state index contributed by atoms with van der Waals surface area (Å²) < 4.78 is 5.92. The van der Waals surface area contributed by atoms with Crippen LogP contribution in [0.25, 0.3) is 0 Å². The Hall–Kier alpha value is -1.46. The number of halogens is 1. The van der Waals surface area contributed by atoms with Gasteiger partial charge in [-0.2, -0.15) is 0 Å². The van der Waals surface area contributed by atoms with Crippen LogP contribution in [0.5, 0.6) is 0 Å². The molecule has 0 saturated heterocycles. The molecule has 0 radical (unpaired) electrons. The SMILES string of the molecule is CCOC(=O)C(C)(C)Cc1cc(Br)sc1C=O.c1ccccc1. The Labute approximate surface area is 149 Å². The van der Waals surface area contributed by atoms with Crippen molar-refractivity contribution in [2.24, 2.45) is 5.41 Å². The van der Waals surface area contributed by atoms with Gasteiger partial charge >= 0.3 is 5.97 Å². The molecular formula is C18H21BrO3S. The van der Waals surface area contributed by atoms with E-state index >= 15 is 0 Å². The van der Waals surface area contributed by atoms with Gasteiger partial charge in [0.15, 0.2) is 6.29 Å². The van der Waals surface area contributed by atoms with E-state index in [1.807, 2.05) is 56.3 Å². The van der Waals surface area contributed by atoms with Crippen LogP contribution in [0.4, 0.5) is 0 Å². The minimum atomic E-state index is -0.617. The van der Waals surface area contributed by atoms with Crippen molar-refractivity contribution in [3.8, 4) is 0 Å². The molecule has 124 valence electrons. The molecule has 1 heterocycles. The minimum Gasteiger partial charge on any atom is -0.466 e. The number of rotatable bonds is 5. The molecule has 23 heavy (non-hydrogen) atoms. The van der Waals surface area contributed by atoms with Crippen LogP contribution in [-0.2, 0) is 16.0 Å². The summed E-state index contributed by atoms with van der Waals surface area (Å²) in [5.41, 5.74) is 0.267. The lowest BCUT2D eigenvalue weighted by atomic mass is 9.86. The smallest absolute Gasteiger partial charge is 0.311 e. The van der Waals surface area contributed by atoms with Gasteiger partial charge in [-0.15, -0.1) is 11.3 Å². The van der Waals surface area contributed by atoms with E-state index in [-0.39, 0.29) is 5.97 Å². The number of carbonyl (C=O) groups is 2. The largest absolute Gasteiger partial charge is 0.466 e. The first-order chi connectivity index (χ1) is 10.9. The molecule has 0 aliphatic heterocycles. The number of aldehydes is 1. The van der Waals surface area contributed by atoms with Gasteiger partial charge in [0, 0.05) is 0 Å². The van der Waals surface area contributed by atoms with Gasteiger partial charge in [0.25, 0.3) is 0 Å². The highest BCUT2D eigenvalue weighted by molar-refractivity contribution is 9.11. The van der Waals surface area contributed by atoms with E-state index in [9.17, 15) is 9.59 Å². The molecule has 0 spiro atoms. The minimum absolute atomic E-state index is 0.237. The average molecular weight is 397 g/mol. The van der Waals surface area contributed by atoms with Gasteiger partial charge in [0.1, 0.15) is 0 Å². The molecule has 2 aromatic rings. The molecule has 0 fully saturated rings. The zero-order valence-corrected chi connectivity index (χ0v) is 15.9. The Morgan fingerprint density at radius 3 is 2.17 bits per heavy atom. The summed E-state index contributed by atoms with van der Waals surface area (Å²) in [7, 11) is 0. The summed E-state index contributed by atoms with van der Waals surface area (Å²) in [6, 6.07) is 13.9. The average Bonchev–Trinajstić information content (AvgIpc) is 2.89. The van der Waals surface area contributed by atoms with Gasteiger partial charge < -0.3 is 4.74 Å². The standard InChI is InChI=1S/C12H15BrO3S.C6H6/c1-4-16-11(15)12(2,3)6-8-5-10(13)17-9(8)7-14;1-2-4-6-5-3-1/h5,7H,4,6H2,1-3H3;1-6H. The van der Waals surface area contributed by atoms with Crippen molar-refractivity contribution in [2.75, 3.05) is 6.61 Å². The Morgan fingerprint density at radius 2 is 1.74 bits per heavy atom. The van der Waals surface area contributed by atoms with Gasteiger partial charge in [0.05, 0.1) is 20.7 Å². The normalized spacial score (nSPS) is 10.4. The molecule has 0 bridgehead atoms. The summed E-state index contributed by atoms with van der Waals surface area (Å²) in [4.78, 5) is 23.3. The fourth-order valence-electron chi connectivity index (χ4n) is 1.91. The number of ether oxygens (including phenoxy) is 1. The van der Waals surface area contributed by atoms with Crippen LogP contribution in [0.3, 0.4) is 0 Å². The Bertz CT molecular complexity index is 594. The molecule has 0 amide bonds. The molecule has 0 unspecified atom stereocenters. The van der Waals surface area contributed by atoms with Crippen molar-refractivity contribution in [2.45, 2.75) is 27.2 Å². The molecule has 3 nitrogen and oxygen atoms in total. The lowest BCUT2D eigenvalue weighted by Gasteiger charge is -2.21. The zero-order chi connectivity index (χ0) is 17.3. The molecular weight excluding hydrogens is 376 g/mol. The van der Waals surface area contributed by atoms with Crippen LogP contribution >= 0.6 is 27.3 Å². The summed E-state index contributed by atoms with van der Waals surface area (Å²) in [5, 5.41) is 0. The second kappa shape index (κ2) is 9.63. The molecule has 1 aromatic heterocycles. The molecule has 5 heteroatoms. The summed E-state index contributed by atoms with van der Waals surface area (Å²) in [6.45, 7) is 5.80. The fraction of sp³-hybridized carbons (Fsp3) is 0.333. The van der Waals surface area contributed by atoms with Crippen LogP contribution in [0.15, 0.2) is 46.3 Å². The summed E-state index contributed by atoms with van der Waals surface area (Å²) in [6.07, 6.45) is 1.33. The van der Waals surface area contributed by atoms with E-state index in [0.29, 0.717) is 17.9 Å². The highest BCUT2D eigenvalue weighted by atomic mass is 79.9. The molecule has 0 N–H and O–H groups in total. The first kappa shape index (κ1) is 19.6. The maximum atomic E-state index is 11.8. The third-order valence-electron chi connectivity index (χ3n) is 3.05. The van der Waals surface area contributed by atoms with Gasteiger partial charge in [-0.25, -0.2) is 0 Å². The number of thiophene rings is 1. The van der Waals surface area contributed by atoms with Crippen molar-refractivity contribution in [3.63, 3.8) is 0 Å². The van der Waals surface area contributed by atoms with E-state index in [4.69, 9.17) is 4.74 Å². The van der Waals surface area contributed by atoms with Gasteiger partial charge in [-0.05, 0) is 54.8 Å². The van der Waals surface area contributed by atoms with E-state index in [2.05, 4.69) is 15.9 Å². The van der Waals surface area contributed by atoms with Crippen molar-refractivity contribution >= 4 is 39.5 Å². The van der Waals surface area contributed by atoms with Crippen molar-refractivity contribution in [1.29, 1.82) is 0 Å². The van der Waals surface area contributed by atoms with E-state index < -0.39 is 5.41 Å². The van der Waals surface area contributed by atoms with Crippen LogP contribution in [0.1, 0.15) is 36.0 Å². The molecule has 0 saturated carbocycles. The topological polar surface area (TPSA) is 43.4 Å². The van der Waals surface area contributed by atoms with Gasteiger partial charge in [0.2, 0.25) is 0 Å². The maximum Gasteiger partial charge on any atom is 0.311 e. The van der Waals surface area contributed by atoms with Crippen molar-refractivity contribution in [3.05, 3.63) is 56.7 Å². The second-order valence-corrected chi connectivity index (χ2v) is 7.96. The maximum absolute atomic E-state index is 11.8. The van der Waals surface area contributed by atoms with Crippen molar-refractivity contribution in [1.82, 2.24) is 0 Å². The molecule has 2 rings (SSSR count). The van der Waals surface area contributed by atoms with Crippen LogP contribution in [0.2, 0.25) is 0 Å². The summed E-state index contributed by atoms with van der Waals surface area (Å²) in [5.74, 6) is -0.237. The highest BCUT2D eigenvalue weighted by Crippen LogP contribution is 2.31. The van der Waals surface area contributed by atoms with Gasteiger partial charge in [-0.3, -0.25) is 9.59 Å². The predicted molar refractivity (Wildman–Crippen MR) is 98.0 cm³/mol. The lowest BCUT2D eigenvalue weighted by Crippen LogP contribution is -2.29. The number of hydrogen-bond acceptors (Lipinski definition) is 4. The van der Waals surface area contributed by atoms with Crippen LogP contribution in [-0.4, -0.2) is 18.9 Å². The lowest BCUT2D eigenvalue weighted by molar-refractivity contribution is -0.153. The van der Waals surface area contributed by atoms with E-state index in [0.717, 1.165) is 15.6 Å². The Kier molecular flexibility index (Phi) is 8.20. The quantitative estimate of drug-likeness (QED) is 0.518. The summed E-state index contributed by atoms with van der Waals surface area (Å²) >= 11 is 4.72. The Balaban J connectivity index is 0.000000366. The molecule has 0 aliphatic carbocycles. The first-order valence-corrected chi connectivity index (χ1v) is 8.92. The number of esters is 1. The van der Waals surface area contributed by atoms with Crippen LogP contribution < -0.4 is 0 Å². The Morgan fingerprint density at radius 1 is 1.22 bits per heavy atom. The van der Waals surface area contributed by atoms with E-state index in [1.54, 1.807) is 6.92 Å². The predicted octanol–water partition coefficient (Wildman–Crippen LogP) is 5.14. The zero-order valence-electron chi connectivity index (χ0n) is 13.5. The third kappa shape index (κ3) is 6.67. The number of hydrogen-bond donors (Lipinski definition) is 0. The first-order valence-electron chi connectivity index (χ1n) is 7.31. The van der Waals surface area contributed by atoms with E-state index in [1.165, 1.54) is 11.3 Å².